The number of thiophene rings is 1. The van der Waals surface area contributed by atoms with E-state index in [9.17, 15) is 4.79 Å². The Labute approximate surface area is 122 Å². The molecule has 0 atom stereocenters. The molecule has 3 nitrogen and oxygen atoms in total. The van der Waals surface area contributed by atoms with Gasteiger partial charge in [0.2, 0.25) is 0 Å². The van der Waals surface area contributed by atoms with Crippen LogP contribution in [0.5, 0.6) is 0 Å². The third-order valence-electron chi connectivity index (χ3n) is 2.62. The van der Waals surface area contributed by atoms with Crippen LogP contribution in [0.3, 0.4) is 0 Å². The molecule has 1 heterocycles. The maximum atomic E-state index is 12.1. The molecule has 1 rings (SSSR count). The first-order valence-corrected chi connectivity index (χ1v) is 7.24. The molecule has 1 aromatic rings. The zero-order valence-corrected chi connectivity index (χ0v) is 13.0. The van der Waals surface area contributed by atoms with Crippen molar-refractivity contribution in [2.45, 2.75) is 19.9 Å². The van der Waals surface area contributed by atoms with Crippen LogP contribution in [0, 0.1) is 0 Å². The van der Waals surface area contributed by atoms with Crippen LogP contribution >= 0.6 is 34.5 Å². The van der Waals surface area contributed by atoms with Crippen LogP contribution in [0.15, 0.2) is 6.07 Å². The van der Waals surface area contributed by atoms with E-state index in [0.29, 0.717) is 27.4 Å². The number of nitrogens with zero attached hydrogens (tertiary/aromatic N) is 1. The van der Waals surface area contributed by atoms with Gasteiger partial charge in [-0.3, -0.25) is 9.69 Å². The molecule has 1 aromatic heterocycles. The standard InChI is InChI=1S/C12H17Cl2NO2S/c1-8(2)15(4-5-17-3)7-10(16)9-6-11(13)18-12(9)14/h6,8H,4-5,7H2,1-3H3. The lowest BCUT2D eigenvalue weighted by molar-refractivity contribution is 0.0852. The summed E-state index contributed by atoms with van der Waals surface area (Å²) < 4.78 is 6.04. The van der Waals surface area contributed by atoms with Gasteiger partial charge in [0.25, 0.3) is 0 Å². The number of methoxy groups -OCH3 is 1. The predicted octanol–water partition coefficient (Wildman–Crippen LogP) is 3.59. The zero-order chi connectivity index (χ0) is 13.7. The molecule has 0 aliphatic rings. The molecule has 0 fully saturated rings. The monoisotopic (exact) mass is 309 g/mol. The number of carbonyl (C=O) groups is 1. The van der Waals surface area contributed by atoms with E-state index in [-0.39, 0.29) is 11.8 Å². The van der Waals surface area contributed by atoms with Crippen LogP contribution in [-0.4, -0.2) is 43.5 Å². The van der Waals surface area contributed by atoms with Crippen LogP contribution in [0.25, 0.3) is 0 Å². The molecule has 0 radical (unpaired) electrons. The molecule has 0 saturated heterocycles. The summed E-state index contributed by atoms with van der Waals surface area (Å²) in [6, 6.07) is 1.91. The number of rotatable bonds is 7. The number of ether oxygens (including phenoxy) is 1. The molecule has 0 aliphatic carbocycles. The Balaban J connectivity index is 2.69. The first-order chi connectivity index (χ1) is 8.45. The second-order valence-corrected chi connectivity index (χ2v) is 6.50. The fourth-order valence-electron chi connectivity index (χ4n) is 1.53. The highest BCUT2D eigenvalue weighted by molar-refractivity contribution is 7.20. The quantitative estimate of drug-likeness (QED) is 0.721. The molecular weight excluding hydrogens is 293 g/mol. The zero-order valence-electron chi connectivity index (χ0n) is 10.7. The fraction of sp³-hybridized carbons (Fsp3) is 0.583. The molecule has 102 valence electrons. The molecule has 0 aromatic carbocycles. The summed E-state index contributed by atoms with van der Waals surface area (Å²) in [6.45, 7) is 5.74. The number of hydrogen-bond donors (Lipinski definition) is 0. The lowest BCUT2D eigenvalue weighted by Crippen LogP contribution is -2.38. The third-order valence-corrected chi connectivity index (χ3v) is 4.10. The van der Waals surface area contributed by atoms with Gasteiger partial charge in [0.1, 0.15) is 4.34 Å². The van der Waals surface area contributed by atoms with Crippen molar-refractivity contribution in [3.8, 4) is 0 Å². The number of Topliss-reactive ketones (excluding diaryl/α,β-unsaturated/α-hetero) is 1. The number of halogens is 2. The smallest absolute Gasteiger partial charge is 0.179 e. The SMILES string of the molecule is COCCN(CC(=O)c1cc(Cl)sc1Cl)C(C)C. The van der Waals surface area contributed by atoms with Gasteiger partial charge in [-0.15, -0.1) is 11.3 Å². The summed E-state index contributed by atoms with van der Waals surface area (Å²) in [4.78, 5) is 14.2. The number of carbonyl (C=O) groups excluding carboxylic acids is 1. The van der Waals surface area contributed by atoms with Crippen molar-refractivity contribution in [1.82, 2.24) is 4.90 Å². The number of hydrogen-bond acceptors (Lipinski definition) is 4. The van der Waals surface area contributed by atoms with E-state index < -0.39 is 0 Å². The van der Waals surface area contributed by atoms with Gasteiger partial charge in [0.05, 0.1) is 23.1 Å². The largest absolute Gasteiger partial charge is 0.383 e. The fourth-order valence-corrected chi connectivity index (χ4v) is 3.03. The molecule has 0 N–H and O–H groups in total. The Kier molecular flexibility index (Phi) is 6.60. The van der Waals surface area contributed by atoms with Crippen molar-refractivity contribution in [2.75, 3.05) is 26.8 Å². The van der Waals surface area contributed by atoms with Crippen LogP contribution in [0.1, 0.15) is 24.2 Å². The maximum Gasteiger partial charge on any atom is 0.179 e. The maximum absolute atomic E-state index is 12.1. The minimum absolute atomic E-state index is 0.00652. The highest BCUT2D eigenvalue weighted by Crippen LogP contribution is 2.31. The summed E-state index contributed by atoms with van der Waals surface area (Å²) >= 11 is 13.0. The number of ketones is 1. The van der Waals surface area contributed by atoms with Gasteiger partial charge in [-0.05, 0) is 19.9 Å². The summed E-state index contributed by atoms with van der Waals surface area (Å²) in [6.07, 6.45) is 0. The second-order valence-electron chi connectivity index (χ2n) is 4.22. The molecule has 0 spiro atoms. The normalized spacial score (nSPS) is 11.5. The Morgan fingerprint density at radius 1 is 1.50 bits per heavy atom. The predicted molar refractivity (Wildman–Crippen MR) is 77.3 cm³/mol. The van der Waals surface area contributed by atoms with Crippen molar-refractivity contribution in [1.29, 1.82) is 0 Å². The molecule has 18 heavy (non-hydrogen) atoms. The van der Waals surface area contributed by atoms with Crippen molar-refractivity contribution >= 4 is 40.3 Å². The van der Waals surface area contributed by atoms with Crippen molar-refractivity contribution in [3.63, 3.8) is 0 Å². The molecule has 6 heteroatoms. The Morgan fingerprint density at radius 2 is 2.17 bits per heavy atom. The van der Waals surface area contributed by atoms with Crippen LogP contribution < -0.4 is 0 Å². The Bertz CT molecular complexity index is 407. The highest BCUT2D eigenvalue weighted by atomic mass is 35.5. The summed E-state index contributed by atoms with van der Waals surface area (Å²) in [5, 5.41) is 0. The topological polar surface area (TPSA) is 29.5 Å². The second kappa shape index (κ2) is 7.46. The molecule has 0 bridgehead atoms. The molecular formula is C12H17Cl2NO2S. The van der Waals surface area contributed by atoms with E-state index >= 15 is 0 Å². The van der Waals surface area contributed by atoms with E-state index in [2.05, 4.69) is 0 Å². The van der Waals surface area contributed by atoms with Crippen molar-refractivity contribution in [2.24, 2.45) is 0 Å². The molecule has 0 amide bonds. The Morgan fingerprint density at radius 3 is 2.61 bits per heavy atom. The highest BCUT2D eigenvalue weighted by Gasteiger charge is 2.19. The van der Waals surface area contributed by atoms with Crippen LogP contribution in [0.2, 0.25) is 8.67 Å². The summed E-state index contributed by atoms with van der Waals surface area (Å²) in [7, 11) is 1.65. The molecule has 0 aliphatic heterocycles. The summed E-state index contributed by atoms with van der Waals surface area (Å²) in [5.74, 6) is -0.00652. The van der Waals surface area contributed by atoms with Gasteiger partial charge in [0, 0.05) is 19.7 Å². The van der Waals surface area contributed by atoms with Crippen molar-refractivity contribution < 1.29 is 9.53 Å². The Hall–Kier alpha value is -0.130. The van der Waals surface area contributed by atoms with Gasteiger partial charge in [-0.2, -0.15) is 0 Å². The molecule has 0 unspecified atom stereocenters. The van der Waals surface area contributed by atoms with Gasteiger partial charge in [-0.25, -0.2) is 0 Å². The van der Waals surface area contributed by atoms with Crippen LogP contribution in [0.4, 0.5) is 0 Å². The van der Waals surface area contributed by atoms with E-state index in [0.717, 1.165) is 6.54 Å². The minimum atomic E-state index is -0.00652. The lowest BCUT2D eigenvalue weighted by atomic mass is 10.2. The first-order valence-electron chi connectivity index (χ1n) is 5.66. The van der Waals surface area contributed by atoms with E-state index in [4.69, 9.17) is 27.9 Å². The average Bonchev–Trinajstić information content (AvgIpc) is 2.63. The van der Waals surface area contributed by atoms with Gasteiger partial charge < -0.3 is 4.74 Å². The van der Waals surface area contributed by atoms with Gasteiger partial charge >= 0.3 is 0 Å². The lowest BCUT2D eigenvalue weighted by Gasteiger charge is -2.25. The van der Waals surface area contributed by atoms with E-state index in [1.807, 2.05) is 18.7 Å². The summed E-state index contributed by atoms with van der Waals surface area (Å²) in [5.41, 5.74) is 0.509. The molecule has 0 saturated carbocycles. The van der Waals surface area contributed by atoms with Crippen LogP contribution in [-0.2, 0) is 4.74 Å². The van der Waals surface area contributed by atoms with E-state index in [1.54, 1.807) is 13.2 Å². The van der Waals surface area contributed by atoms with E-state index in [1.165, 1.54) is 11.3 Å². The van der Waals surface area contributed by atoms with Crippen molar-refractivity contribution in [3.05, 3.63) is 20.3 Å². The van der Waals surface area contributed by atoms with Gasteiger partial charge in [0.15, 0.2) is 5.78 Å². The average molecular weight is 310 g/mol. The third kappa shape index (κ3) is 4.52. The minimum Gasteiger partial charge on any atom is -0.383 e. The first kappa shape index (κ1) is 15.9. The van der Waals surface area contributed by atoms with Gasteiger partial charge in [-0.1, -0.05) is 23.2 Å².